The van der Waals surface area contributed by atoms with E-state index in [1.807, 2.05) is 7.05 Å². The van der Waals surface area contributed by atoms with Gasteiger partial charge in [-0.2, -0.15) is 5.10 Å². The molecule has 0 aliphatic carbocycles. The fourth-order valence-electron chi connectivity index (χ4n) is 3.60. The molecule has 0 atom stereocenters. The molecule has 174 valence electrons. The maximum absolute atomic E-state index is 12.6. The minimum absolute atomic E-state index is 0.128. The molecule has 10 heteroatoms. The Balaban J connectivity index is 1.25. The number of carbonyl (C=O) groups excluding carboxylic acids is 2. The van der Waals surface area contributed by atoms with Gasteiger partial charge in [0.25, 0.3) is 11.8 Å². The Kier molecular flexibility index (Phi) is 5.54. The third kappa shape index (κ3) is 4.12. The summed E-state index contributed by atoms with van der Waals surface area (Å²) in [4.78, 5) is 39.2. The van der Waals surface area contributed by atoms with Gasteiger partial charge in [-0.25, -0.2) is 14.9 Å². The van der Waals surface area contributed by atoms with Crippen molar-refractivity contribution < 1.29 is 18.7 Å². The molecule has 35 heavy (non-hydrogen) atoms. The molecule has 0 bridgehead atoms. The summed E-state index contributed by atoms with van der Waals surface area (Å²) < 4.78 is 13.2. The lowest BCUT2D eigenvalue weighted by molar-refractivity contribution is 0.0710. The summed E-state index contributed by atoms with van der Waals surface area (Å²) >= 11 is 0. The van der Waals surface area contributed by atoms with E-state index >= 15 is 0 Å². The van der Waals surface area contributed by atoms with Crippen molar-refractivity contribution in [2.75, 3.05) is 13.7 Å². The van der Waals surface area contributed by atoms with Gasteiger partial charge in [-0.3, -0.25) is 19.3 Å². The SMILES string of the molecule is C=C(/C=C\C(COc1cnc2oc(-c3cnn(C)c3)nc2c1)=NC)N1C(=O)c2ccccc2C1=O. The third-order valence-corrected chi connectivity index (χ3v) is 5.40. The van der Waals surface area contributed by atoms with Crippen LogP contribution in [0.25, 0.3) is 22.7 Å². The average molecular weight is 468 g/mol. The second kappa shape index (κ2) is 8.82. The summed E-state index contributed by atoms with van der Waals surface area (Å²) in [5, 5.41) is 4.12. The minimum Gasteiger partial charge on any atom is -0.486 e. The van der Waals surface area contributed by atoms with Crippen LogP contribution in [0.4, 0.5) is 0 Å². The van der Waals surface area contributed by atoms with E-state index in [1.54, 1.807) is 66.6 Å². The first-order chi connectivity index (χ1) is 16.9. The minimum atomic E-state index is -0.399. The molecule has 0 radical (unpaired) electrons. The van der Waals surface area contributed by atoms with Gasteiger partial charge in [0.05, 0.1) is 34.8 Å². The van der Waals surface area contributed by atoms with Gasteiger partial charge in [-0.1, -0.05) is 18.7 Å². The number of aliphatic imine (C=N–C) groups is 1. The Hall–Kier alpha value is -4.86. The highest BCUT2D eigenvalue weighted by atomic mass is 16.5. The second-order valence-electron chi connectivity index (χ2n) is 7.74. The Morgan fingerprint density at radius 1 is 1.17 bits per heavy atom. The molecule has 1 aliphatic heterocycles. The van der Waals surface area contributed by atoms with Crippen molar-refractivity contribution in [1.82, 2.24) is 24.6 Å². The first-order valence-corrected chi connectivity index (χ1v) is 10.6. The van der Waals surface area contributed by atoms with E-state index in [0.29, 0.717) is 39.7 Å². The van der Waals surface area contributed by atoms with Crippen LogP contribution in [-0.2, 0) is 7.05 Å². The Bertz CT molecular complexity index is 1510. The number of hydrogen-bond acceptors (Lipinski definition) is 8. The van der Waals surface area contributed by atoms with E-state index in [9.17, 15) is 9.59 Å². The molecular formula is C25H20N6O4. The van der Waals surface area contributed by atoms with Crippen molar-refractivity contribution in [1.29, 1.82) is 0 Å². The van der Waals surface area contributed by atoms with E-state index in [1.165, 1.54) is 6.20 Å². The molecule has 0 saturated carbocycles. The predicted molar refractivity (Wildman–Crippen MR) is 128 cm³/mol. The largest absolute Gasteiger partial charge is 0.486 e. The molecule has 1 aliphatic rings. The molecule has 10 nitrogen and oxygen atoms in total. The molecule has 0 fully saturated rings. The third-order valence-electron chi connectivity index (χ3n) is 5.40. The molecule has 2 amide bonds. The zero-order valence-electron chi connectivity index (χ0n) is 19.0. The van der Waals surface area contributed by atoms with Crippen LogP contribution in [0, 0.1) is 0 Å². The van der Waals surface area contributed by atoms with Gasteiger partial charge in [0, 0.05) is 32.1 Å². The number of allylic oxidation sites excluding steroid dienone is 1. The fraction of sp³-hybridized carbons (Fsp3) is 0.120. The first-order valence-electron chi connectivity index (χ1n) is 10.6. The lowest BCUT2D eigenvalue weighted by Crippen LogP contribution is -2.27. The van der Waals surface area contributed by atoms with E-state index in [2.05, 4.69) is 26.6 Å². The van der Waals surface area contributed by atoms with Crippen LogP contribution in [0.2, 0.25) is 0 Å². The number of benzene rings is 1. The van der Waals surface area contributed by atoms with Crippen molar-refractivity contribution >= 4 is 28.8 Å². The monoisotopic (exact) mass is 468 g/mol. The smallest absolute Gasteiger partial charge is 0.266 e. The Morgan fingerprint density at radius 2 is 1.91 bits per heavy atom. The van der Waals surface area contributed by atoms with Crippen LogP contribution in [0.3, 0.4) is 0 Å². The topological polar surface area (TPSA) is 116 Å². The van der Waals surface area contributed by atoms with E-state index in [0.717, 1.165) is 10.5 Å². The van der Waals surface area contributed by atoms with Gasteiger partial charge in [0.15, 0.2) is 0 Å². The molecule has 4 aromatic rings. The summed E-state index contributed by atoms with van der Waals surface area (Å²) in [6.07, 6.45) is 8.21. The predicted octanol–water partition coefficient (Wildman–Crippen LogP) is 3.44. The van der Waals surface area contributed by atoms with Crippen LogP contribution in [-0.4, -0.2) is 55.8 Å². The van der Waals surface area contributed by atoms with Crippen molar-refractivity contribution in [3.63, 3.8) is 0 Å². The summed E-state index contributed by atoms with van der Waals surface area (Å²) in [7, 11) is 3.43. The molecule has 0 N–H and O–H groups in total. The maximum atomic E-state index is 12.6. The number of pyridine rings is 1. The van der Waals surface area contributed by atoms with E-state index in [4.69, 9.17) is 9.15 Å². The number of rotatable bonds is 7. The van der Waals surface area contributed by atoms with Crippen LogP contribution < -0.4 is 4.74 Å². The lowest BCUT2D eigenvalue weighted by atomic mass is 10.1. The highest BCUT2D eigenvalue weighted by molar-refractivity contribution is 6.22. The zero-order chi connectivity index (χ0) is 24.5. The lowest BCUT2D eigenvalue weighted by Gasteiger charge is -2.13. The number of ether oxygens (including phenoxy) is 1. The highest BCUT2D eigenvalue weighted by Crippen LogP contribution is 2.26. The van der Waals surface area contributed by atoms with Gasteiger partial charge in [0.2, 0.25) is 11.6 Å². The number of hydrogen-bond donors (Lipinski definition) is 0. The number of imide groups is 1. The fourth-order valence-corrected chi connectivity index (χ4v) is 3.60. The number of carbonyl (C=O) groups is 2. The summed E-state index contributed by atoms with van der Waals surface area (Å²) in [5.41, 5.74) is 3.22. The summed E-state index contributed by atoms with van der Waals surface area (Å²) in [6, 6.07) is 8.41. The van der Waals surface area contributed by atoms with Crippen molar-refractivity contribution in [3.05, 3.63) is 84.5 Å². The summed E-state index contributed by atoms with van der Waals surface area (Å²) in [6.45, 7) is 4.00. The van der Waals surface area contributed by atoms with Crippen molar-refractivity contribution in [2.24, 2.45) is 12.0 Å². The molecule has 5 rings (SSSR count). The van der Waals surface area contributed by atoms with Crippen LogP contribution >= 0.6 is 0 Å². The van der Waals surface area contributed by atoms with Crippen LogP contribution in [0.15, 0.2) is 82.8 Å². The van der Waals surface area contributed by atoms with E-state index in [-0.39, 0.29) is 12.3 Å². The molecule has 3 aromatic heterocycles. The van der Waals surface area contributed by atoms with Gasteiger partial charge >= 0.3 is 0 Å². The molecule has 0 saturated heterocycles. The number of oxazole rings is 1. The maximum Gasteiger partial charge on any atom is 0.266 e. The molecule has 0 unspecified atom stereocenters. The number of aromatic nitrogens is 4. The number of nitrogens with zero attached hydrogens (tertiary/aromatic N) is 6. The first kappa shape index (κ1) is 22.0. The van der Waals surface area contributed by atoms with Crippen LogP contribution in [0.1, 0.15) is 20.7 Å². The standard InChI is InChI=1S/C25H20N6O4/c1-15(31-24(32)19-6-4-5-7-20(19)25(31)33)8-9-17(26-2)14-34-18-10-21-23(27-12-18)35-22(29-21)16-11-28-30(3)13-16/h4-13H,1,14H2,2-3H3/b9-8-,26-17?. The molecule has 4 heterocycles. The van der Waals surface area contributed by atoms with Gasteiger partial charge in [-0.05, 0) is 24.3 Å². The quantitative estimate of drug-likeness (QED) is 0.232. The molecule has 1 aromatic carbocycles. The molecule has 0 spiro atoms. The van der Waals surface area contributed by atoms with Gasteiger partial charge < -0.3 is 9.15 Å². The highest BCUT2D eigenvalue weighted by Gasteiger charge is 2.36. The average Bonchev–Trinajstić information content (AvgIpc) is 3.55. The number of aryl methyl sites for hydroxylation is 1. The second-order valence-corrected chi connectivity index (χ2v) is 7.74. The Morgan fingerprint density at radius 3 is 2.57 bits per heavy atom. The zero-order valence-corrected chi connectivity index (χ0v) is 19.0. The number of fused-ring (bicyclic) bond motifs is 2. The van der Waals surface area contributed by atoms with Gasteiger partial charge in [0.1, 0.15) is 17.9 Å². The van der Waals surface area contributed by atoms with Crippen molar-refractivity contribution in [2.45, 2.75) is 0 Å². The van der Waals surface area contributed by atoms with Gasteiger partial charge in [-0.15, -0.1) is 0 Å². The molecular weight excluding hydrogens is 448 g/mol. The summed E-state index contributed by atoms with van der Waals surface area (Å²) in [5.74, 6) is 0.105. The van der Waals surface area contributed by atoms with Crippen molar-refractivity contribution in [3.8, 4) is 17.2 Å². The number of amides is 2. The normalized spacial score (nSPS) is 13.8. The van der Waals surface area contributed by atoms with Crippen LogP contribution in [0.5, 0.6) is 5.75 Å². The van der Waals surface area contributed by atoms with E-state index < -0.39 is 11.8 Å². The Labute approximate surface area is 199 Å².